The van der Waals surface area contributed by atoms with Crippen molar-refractivity contribution in [3.63, 3.8) is 0 Å². The molecule has 0 aliphatic carbocycles. The maximum Gasteiger partial charge on any atom is 0.0273 e. The third-order valence-electron chi connectivity index (χ3n) is 2.31. The Hall–Kier alpha value is -1.54. The number of rotatable bonds is 3. The molecule has 0 N–H and O–H groups in total. The van der Waals surface area contributed by atoms with Gasteiger partial charge in [-0.15, -0.1) is 11.8 Å². The average molecular weight is 227 g/mol. The van der Waals surface area contributed by atoms with Crippen molar-refractivity contribution < 1.29 is 0 Å². The SMILES string of the molecule is CSC=C(c1ccccc1)c1ccncc1. The predicted molar refractivity (Wildman–Crippen MR) is 71.3 cm³/mol. The second-order valence-electron chi connectivity index (χ2n) is 3.37. The Morgan fingerprint density at radius 1 is 1.00 bits per heavy atom. The number of hydrogen-bond donors (Lipinski definition) is 0. The number of benzene rings is 1. The van der Waals surface area contributed by atoms with Gasteiger partial charge < -0.3 is 0 Å². The highest BCUT2D eigenvalue weighted by molar-refractivity contribution is 8.01. The van der Waals surface area contributed by atoms with Crippen LogP contribution in [0.3, 0.4) is 0 Å². The first kappa shape index (κ1) is 11.0. The first-order valence-electron chi connectivity index (χ1n) is 5.10. The van der Waals surface area contributed by atoms with Gasteiger partial charge in [-0.2, -0.15) is 0 Å². The number of pyridine rings is 1. The fourth-order valence-corrected chi connectivity index (χ4v) is 2.08. The fourth-order valence-electron chi connectivity index (χ4n) is 1.57. The van der Waals surface area contributed by atoms with Crippen LogP contribution in [-0.2, 0) is 0 Å². The molecule has 2 rings (SSSR count). The van der Waals surface area contributed by atoms with Gasteiger partial charge in [0, 0.05) is 12.4 Å². The summed E-state index contributed by atoms with van der Waals surface area (Å²) >= 11 is 1.72. The second kappa shape index (κ2) is 5.52. The molecule has 0 bridgehead atoms. The van der Waals surface area contributed by atoms with Gasteiger partial charge >= 0.3 is 0 Å². The van der Waals surface area contributed by atoms with Crippen LogP contribution in [0.4, 0.5) is 0 Å². The third kappa shape index (κ3) is 2.52. The van der Waals surface area contributed by atoms with Gasteiger partial charge in [-0.25, -0.2) is 0 Å². The van der Waals surface area contributed by atoms with Crippen molar-refractivity contribution >= 4 is 17.3 Å². The Balaban J connectivity index is 2.44. The Labute approximate surface area is 100 Å². The summed E-state index contributed by atoms with van der Waals surface area (Å²) < 4.78 is 0. The highest BCUT2D eigenvalue weighted by atomic mass is 32.2. The van der Waals surface area contributed by atoms with E-state index in [1.165, 1.54) is 16.7 Å². The minimum Gasteiger partial charge on any atom is -0.265 e. The van der Waals surface area contributed by atoms with E-state index >= 15 is 0 Å². The molecule has 0 fully saturated rings. The molecule has 2 aromatic rings. The van der Waals surface area contributed by atoms with Gasteiger partial charge in [0.25, 0.3) is 0 Å². The molecule has 0 unspecified atom stereocenters. The Kier molecular flexibility index (Phi) is 3.78. The molecule has 0 spiro atoms. The van der Waals surface area contributed by atoms with Gasteiger partial charge in [-0.05, 0) is 40.5 Å². The zero-order valence-corrected chi connectivity index (χ0v) is 9.95. The van der Waals surface area contributed by atoms with E-state index in [4.69, 9.17) is 0 Å². The summed E-state index contributed by atoms with van der Waals surface area (Å²) in [5.41, 5.74) is 3.69. The largest absolute Gasteiger partial charge is 0.265 e. The van der Waals surface area contributed by atoms with Gasteiger partial charge in [0.1, 0.15) is 0 Å². The summed E-state index contributed by atoms with van der Waals surface area (Å²) in [6.07, 6.45) is 5.73. The molecular weight excluding hydrogens is 214 g/mol. The highest BCUT2D eigenvalue weighted by Crippen LogP contribution is 2.24. The van der Waals surface area contributed by atoms with Crippen molar-refractivity contribution in [1.29, 1.82) is 0 Å². The minimum absolute atomic E-state index is 1.20. The number of thioether (sulfide) groups is 1. The molecule has 0 saturated carbocycles. The molecule has 0 atom stereocenters. The maximum atomic E-state index is 4.05. The van der Waals surface area contributed by atoms with E-state index in [0.717, 1.165) is 0 Å². The zero-order chi connectivity index (χ0) is 11.2. The topological polar surface area (TPSA) is 12.9 Å². The van der Waals surface area contributed by atoms with Crippen LogP contribution < -0.4 is 0 Å². The van der Waals surface area contributed by atoms with Crippen LogP contribution in [0, 0.1) is 0 Å². The smallest absolute Gasteiger partial charge is 0.0273 e. The van der Waals surface area contributed by atoms with E-state index in [9.17, 15) is 0 Å². The normalized spacial score (nSPS) is 11.4. The standard InChI is InChI=1S/C14H13NS/c1-16-11-14(12-5-3-2-4-6-12)13-7-9-15-10-8-13/h2-11H,1H3. The molecule has 0 amide bonds. The molecule has 1 aromatic heterocycles. The highest BCUT2D eigenvalue weighted by Gasteiger charge is 2.03. The third-order valence-corrected chi connectivity index (χ3v) is 2.78. The van der Waals surface area contributed by atoms with Crippen molar-refractivity contribution in [3.05, 3.63) is 71.4 Å². The lowest BCUT2D eigenvalue weighted by Crippen LogP contribution is -1.87. The van der Waals surface area contributed by atoms with Gasteiger partial charge in [0.05, 0.1) is 0 Å². The van der Waals surface area contributed by atoms with Gasteiger partial charge in [0.2, 0.25) is 0 Å². The molecule has 0 aliphatic heterocycles. The Morgan fingerprint density at radius 2 is 1.62 bits per heavy atom. The number of nitrogens with zero attached hydrogens (tertiary/aromatic N) is 1. The molecule has 16 heavy (non-hydrogen) atoms. The molecule has 1 heterocycles. The summed E-state index contributed by atoms with van der Waals surface area (Å²) in [7, 11) is 0. The van der Waals surface area contributed by atoms with Gasteiger partial charge in [0.15, 0.2) is 0 Å². The second-order valence-corrected chi connectivity index (χ2v) is 4.08. The van der Waals surface area contributed by atoms with Gasteiger partial charge in [-0.3, -0.25) is 4.98 Å². The Bertz CT molecular complexity index is 421. The minimum atomic E-state index is 1.20. The van der Waals surface area contributed by atoms with E-state index < -0.39 is 0 Å². The molecule has 0 saturated heterocycles. The average Bonchev–Trinajstić information content (AvgIpc) is 2.38. The summed E-state index contributed by atoms with van der Waals surface area (Å²) in [5.74, 6) is 0. The van der Waals surface area contributed by atoms with Crippen molar-refractivity contribution in [2.45, 2.75) is 0 Å². The van der Waals surface area contributed by atoms with Crippen LogP contribution >= 0.6 is 11.8 Å². The fraction of sp³-hybridized carbons (Fsp3) is 0.0714. The quantitative estimate of drug-likeness (QED) is 0.790. The van der Waals surface area contributed by atoms with E-state index in [0.29, 0.717) is 0 Å². The van der Waals surface area contributed by atoms with E-state index in [1.54, 1.807) is 11.8 Å². The molecule has 0 aliphatic rings. The van der Waals surface area contributed by atoms with Crippen molar-refractivity contribution in [2.24, 2.45) is 0 Å². The summed E-state index contributed by atoms with van der Waals surface area (Å²) in [6.45, 7) is 0. The van der Waals surface area contributed by atoms with Crippen molar-refractivity contribution in [1.82, 2.24) is 4.98 Å². The van der Waals surface area contributed by atoms with E-state index in [2.05, 4.69) is 40.9 Å². The van der Waals surface area contributed by atoms with Crippen LogP contribution in [-0.4, -0.2) is 11.2 Å². The summed E-state index contributed by atoms with van der Waals surface area (Å²) in [6, 6.07) is 14.5. The lowest BCUT2D eigenvalue weighted by atomic mass is 10.0. The number of aromatic nitrogens is 1. The van der Waals surface area contributed by atoms with Crippen molar-refractivity contribution in [3.8, 4) is 0 Å². The molecule has 2 heteroatoms. The molecule has 1 aromatic carbocycles. The van der Waals surface area contributed by atoms with Gasteiger partial charge in [-0.1, -0.05) is 30.3 Å². The van der Waals surface area contributed by atoms with Crippen LogP contribution in [0.15, 0.2) is 60.3 Å². The molecule has 1 nitrogen and oxygen atoms in total. The van der Waals surface area contributed by atoms with Crippen LogP contribution in [0.1, 0.15) is 11.1 Å². The first-order valence-corrected chi connectivity index (χ1v) is 6.39. The lowest BCUT2D eigenvalue weighted by molar-refractivity contribution is 1.32. The lowest BCUT2D eigenvalue weighted by Gasteiger charge is -2.07. The molecule has 0 radical (unpaired) electrons. The first-order chi connectivity index (χ1) is 7.92. The molecule has 80 valence electrons. The Morgan fingerprint density at radius 3 is 2.25 bits per heavy atom. The number of hydrogen-bond acceptors (Lipinski definition) is 2. The predicted octanol–water partition coefficient (Wildman–Crippen LogP) is 3.83. The molecular formula is C14H13NS. The maximum absolute atomic E-state index is 4.05. The summed E-state index contributed by atoms with van der Waals surface area (Å²) in [4.78, 5) is 4.05. The summed E-state index contributed by atoms with van der Waals surface area (Å²) in [5, 5.41) is 2.17. The monoisotopic (exact) mass is 227 g/mol. The van der Waals surface area contributed by atoms with Crippen molar-refractivity contribution in [2.75, 3.05) is 6.26 Å². The van der Waals surface area contributed by atoms with Crippen LogP contribution in [0.5, 0.6) is 0 Å². The van der Waals surface area contributed by atoms with E-state index in [-0.39, 0.29) is 0 Å². The zero-order valence-electron chi connectivity index (χ0n) is 9.13. The van der Waals surface area contributed by atoms with Crippen LogP contribution in [0.2, 0.25) is 0 Å². The van der Waals surface area contributed by atoms with Crippen LogP contribution in [0.25, 0.3) is 5.57 Å². The van der Waals surface area contributed by atoms with E-state index in [1.807, 2.05) is 30.6 Å².